The van der Waals surface area contributed by atoms with Crippen LogP contribution >= 0.6 is 0 Å². The number of carbonyl (C=O) groups excluding carboxylic acids is 1. The number of ether oxygens (including phenoxy) is 1. The highest BCUT2D eigenvalue weighted by atomic mass is 16.5. The normalized spacial score (nSPS) is 22.0. The Balaban J connectivity index is 1.44. The molecule has 0 saturated carbocycles. The number of benzene rings is 1. The topological polar surface area (TPSA) is 53.0 Å². The Morgan fingerprint density at radius 3 is 2.32 bits per heavy atom. The van der Waals surface area contributed by atoms with E-state index in [4.69, 9.17) is 4.74 Å². The number of amides is 1. The third kappa shape index (κ3) is 4.73. The second-order valence-corrected chi connectivity index (χ2v) is 7.60. The number of carbonyl (C=O) groups is 1. The Morgan fingerprint density at radius 2 is 1.76 bits per heavy atom. The molecule has 138 valence electrons. The highest BCUT2D eigenvalue weighted by Gasteiger charge is 2.36. The molecule has 3 rings (SSSR count). The van der Waals surface area contributed by atoms with Gasteiger partial charge in [-0.2, -0.15) is 0 Å². The van der Waals surface area contributed by atoms with Gasteiger partial charge >= 0.3 is 0 Å². The fourth-order valence-corrected chi connectivity index (χ4v) is 3.85. The van der Waals surface area contributed by atoms with Crippen LogP contribution in [0.1, 0.15) is 38.2 Å². The first-order chi connectivity index (χ1) is 12.0. The average Bonchev–Trinajstić information content (AvgIpc) is 2.62. The van der Waals surface area contributed by atoms with Crippen LogP contribution in [0.3, 0.4) is 0 Å². The van der Waals surface area contributed by atoms with Crippen LogP contribution in [0.5, 0.6) is 5.75 Å². The standard InChI is InChI=1S/C20H30N2O3/c1-16-3-5-19(6-4-16)25-15-20(24)9-13-22(14-10-20)18-7-11-21(12-8-18)17(2)23/h3-6,18,24H,7-15H2,1-2H3. The summed E-state index contributed by atoms with van der Waals surface area (Å²) in [4.78, 5) is 15.9. The molecule has 2 aliphatic heterocycles. The molecule has 0 radical (unpaired) electrons. The number of aryl methyl sites for hydroxylation is 1. The maximum atomic E-state index is 11.4. The third-order valence-corrected chi connectivity index (χ3v) is 5.68. The fraction of sp³-hybridized carbons (Fsp3) is 0.650. The molecule has 0 spiro atoms. The van der Waals surface area contributed by atoms with E-state index in [9.17, 15) is 9.90 Å². The summed E-state index contributed by atoms with van der Waals surface area (Å²) >= 11 is 0. The van der Waals surface area contributed by atoms with E-state index in [0.717, 1.165) is 57.6 Å². The lowest BCUT2D eigenvalue weighted by Gasteiger charge is -2.44. The molecular formula is C20H30N2O3. The average molecular weight is 346 g/mol. The number of likely N-dealkylation sites (tertiary alicyclic amines) is 2. The number of piperidine rings is 2. The van der Waals surface area contributed by atoms with Crippen LogP contribution in [-0.2, 0) is 4.79 Å². The fourth-order valence-electron chi connectivity index (χ4n) is 3.85. The number of nitrogens with zero attached hydrogens (tertiary/aromatic N) is 2. The molecule has 0 aliphatic carbocycles. The Labute approximate surface area is 150 Å². The van der Waals surface area contributed by atoms with E-state index in [0.29, 0.717) is 12.6 Å². The van der Waals surface area contributed by atoms with Gasteiger partial charge in [0.05, 0.1) is 0 Å². The molecule has 1 N–H and O–H groups in total. The molecule has 2 heterocycles. The van der Waals surface area contributed by atoms with Crippen molar-refractivity contribution in [3.8, 4) is 5.75 Å². The lowest BCUT2D eigenvalue weighted by molar-refractivity contribution is -0.130. The smallest absolute Gasteiger partial charge is 0.219 e. The molecule has 0 atom stereocenters. The molecule has 2 saturated heterocycles. The van der Waals surface area contributed by atoms with Crippen molar-refractivity contribution in [2.45, 2.75) is 51.2 Å². The summed E-state index contributed by atoms with van der Waals surface area (Å²) in [6.45, 7) is 7.57. The van der Waals surface area contributed by atoms with Crippen molar-refractivity contribution in [3.63, 3.8) is 0 Å². The number of hydrogen-bond donors (Lipinski definition) is 1. The Bertz CT molecular complexity index is 571. The summed E-state index contributed by atoms with van der Waals surface area (Å²) < 4.78 is 5.81. The highest BCUT2D eigenvalue weighted by molar-refractivity contribution is 5.73. The Hall–Kier alpha value is -1.59. The van der Waals surface area contributed by atoms with Gasteiger partial charge < -0.3 is 19.6 Å². The van der Waals surface area contributed by atoms with E-state index in [2.05, 4.69) is 4.90 Å². The van der Waals surface area contributed by atoms with Crippen molar-refractivity contribution in [2.24, 2.45) is 0 Å². The van der Waals surface area contributed by atoms with Crippen molar-refractivity contribution < 1.29 is 14.6 Å². The summed E-state index contributed by atoms with van der Waals surface area (Å²) in [6, 6.07) is 8.50. The number of rotatable bonds is 4. The van der Waals surface area contributed by atoms with Crippen LogP contribution < -0.4 is 4.74 Å². The largest absolute Gasteiger partial charge is 0.491 e. The second kappa shape index (κ2) is 7.75. The van der Waals surface area contributed by atoms with Gasteiger partial charge in [0.15, 0.2) is 0 Å². The molecule has 5 nitrogen and oxygen atoms in total. The van der Waals surface area contributed by atoms with Crippen molar-refractivity contribution in [1.82, 2.24) is 9.80 Å². The summed E-state index contributed by atoms with van der Waals surface area (Å²) in [7, 11) is 0. The Kier molecular flexibility index (Phi) is 5.64. The number of aliphatic hydroxyl groups is 1. The van der Waals surface area contributed by atoms with E-state index in [1.807, 2.05) is 36.1 Å². The predicted molar refractivity (Wildman–Crippen MR) is 97.7 cm³/mol. The zero-order valence-electron chi connectivity index (χ0n) is 15.4. The molecule has 2 fully saturated rings. The molecule has 2 aliphatic rings. The maximum absolute atomic E-state index is 11.4. The van der Waals surface area contributed by atoms with Crippen LogP contribution in [-0.4, -0.2) is 65.2 Å². The summed E-state index contributed by atoms with van der Waals surface area (Å²) in [5.41, 5.74) is 0.469. The van der Waals surface area contributed by atoms with E-state index in [-0.39, 0.29) is 5.91 Å². The highest BCUT2D eigenvalue weighted by Crippen LogP contribution is 2.27. The zero-order valence-corrected chi connectivity index (χ0v) is 15.4. The van der Waals surface area contributed by atoms with Gasteiger partial charge in [0.25, 0.3) is 0 Å². The van der Waals surface area contributed by atoms with Gasteiger partial charge in [-0.15, -0.1) is 0 Å². The van der Waals surface area contributed by atoms with Gasteiger partial charge in [0.2, 0.25) is 5.91 Å². The number of hydrogen-bond acceptors (Lipinski definition) is 4. The summed E-state index contributed by atoms with van der Waals surface area (Å²) in [5.74, 6) is 0.998. The first-order valence-electron chi connectivity index (χ1n) is 9.37. The van der Waals surface area contributed by atoms with Crippen LogP contribution in [0.15, 0.2) is 24.3 Å². The van der Waals surface area contributed by atoms with Crippen molar-refractivity contribution in [1.29, 1.82) is 0 Å². The lowest BCUT2D eigenvalue weighted by Crippen LogP contribution is -2.53. The van der Waals surface area contributed by atoms with E-state index < -0.39 is 5.60 Å². The maximum Gasteiger partial charge on any atom is 0.219 e. The lowest BCUT2D eigenvalue weighted by atomic mass is 9.90. The molecule has 0 aromatic heterocycles. The molecule has 5 heteroatoms. The minimum atomic E-state index is -0.735. The molecule has 25 heavy (non-hydrogen) atoms. The molecule has 0 unspecified atom stereocenters. The predicted octanol–water partition coefficient (Wildman–Crippen LogP) is 2.21. The van der Waals surface area contributed by atoms with Gasteiger partial charge in [0.1, 0.15) is 18.0 Å². The quantitative estimate of drug-likeness (QED) is 0.908. The second-order valence-electron chi connectivity index (χ2n) is 7.60. The molecule has 1 aromatic rings. The van der Waals surface area contributed by atoms with Gasteiger partial charge in [0, 0.05) is 39.1 Å². The van der Waals surface area contributed by atoms with E-state index >= 15 is 0 Å². The van der Waals surface area contributed by atoms with Crippen LogP contribution in [0, 0.1) is 6.92 Å². The van der Waals surface area contributed by atoms with Crippen molar-refractivity contribution >= 4 is 5.91 Å². The first kappa shape index (κ1) is 18.2. The summed E-state index contributed by atoms with van der Waals surface area (Å²) in [5, 5.41) is 10.8. The monoisotopic (exact) mass is 346 g/mol. The van der Waals surface area contributed by atoms with Crippen LogP contribution in [0.4, 0.5) is 0 Å². The van der Waals surface area contributed by atoms with Gasteiger partial charge in [-0.05, 0) is 44.7 Å². The van der Waals surface area contributed by atoms with Crippen molar-refractivity contribution in [2.75, 3.05) is 32.8 Å². The zero-order chi connectivity index (χ0) is 17.9. The molecular weight excluding hydrogens is 316 g/mol. The van der Waals surface area contributed by atoms with Crippen LogP contribution in [0.25, 0.3) is 0 Å². The minimum Gasteiger partial charge on any atom is -0.491 e. The molecule has 0 bridgehead atoms. The van der Waals surface area contributed by atoms with Gasteiger partial charge in [-0.1, -0.05) is 17.7 Å². The molecule has 1 aromatic carbocycles. The van der Waals surface area contributed by atoms with Gasteiger partial charge in [-0.3, -0.25) is 4.79 Å². The Morgan fingerprint density at radius 1 is 1.16 bits per heavy atom. The SMILES string of the molecule is CC(=O)N1CCC(N2CCC(O)(COc3ccc(C)cc3)CC2)CC1. The molecule has 1 amide bonds. The van der Waals surface area contributed by atoms with Crippen LogP contribution in [0.2, 0.25) is 0 Å². The third-order valence-electron chi connectivity index (χ3n) is 5.68. The van der Waals surface area contributed by atoms with Crippen molar-refractivity contribution in [3.05, 3.63) is 29.8 Å². The van der Waals surface area contributed by atoms with E-state index in [1.165, 1.54) is 5.56 Å². The van der Waals surface area contributed by atoms with Gasteiger partial charge in [-0.25, -0.2) is 0 Å². The minimum absolute atomic E-state index is 0.180. The first-order valence-corrected chi connectivity index (χ1v) is 9.37. The summed E-state index contributed by atoms with van der Waals surface area (Å²) in [6.07, 6.45) is 3.56. The van der Waals surface area contributed by atoms with E-state index in [1.54, 1.807) is 6.92 Å².